The van der Waals surface area contributed by atoms with Gasteiger partial charge in [0.2, 0.25) is 0 Å². The van der Waals surface area contributed by atoms with Gasteiger partial charge in [0.1, 0.15) is 6.23 Å². The highest BCUT2D eigenvalue weighted by Gasteiger charge is 2.52. The zero-order valence-corrected chi connectivity index (χ0v) is 18.2. The lowest BCUT2D eigenvalue weighted by Gasteiger charge is -2.32. The second-order valence-electron chi connectivity index (χ2n) is 8.85. The Morgan fingerprint density at radius 2 is 1.93 bits per heavy atom. The smallest absolute Gasteiger partial charge is 0.399 e. The summed E-state index contributed by atoms with van der Waals surface area (Å²) in [6.45, 7) is 9.11. The van der Waals surface area contributed by atoms with Crippen molar-refractivity contribution >= 4 is 34.1 Å². The zero-order chi connectivity index (χ0) is 20.2. The van der Waals surface area contributed by atoms with Crippen LogP contribution in [0.2, 0.25) is 0 Å². The molecule has 0 bridgehead atoms. The monoisotopic (exact) mass is 411 g/mol. The number of nitrogens with zero attached hydrogens (tertiary/aromatic N) is 3. The Hall–Kier alpha value is -1.74. The van der Waals surface area contributed by atoms with Crippen molar-refractivity contribution in [2.24, 2.45) is 0 Å². The molecule has 2 saturated heterocycles. The first-order chi connectivity index (χ1) is 13.9. The van der Waals surface area contributed by atoms with Crippen molar-refractivity contribution < 1.29 is 14.0 Å². The summed E-state index contributed by atoms with van der Waals surface area (Å²) in [4.78, 5) is 4.66. The first-order valence-corrected chi connectivity index (χ1v) is 11.1. The zero-order valence-electron chi connectivity index (χ0n) is 17.3. The van der Waals surface area contributed by atoms with Crippen molar-refractivity contribution in [1.29, 1.82) is 0 Å². The summed E-state index contributed by atoms with van der Waals surface area (Å²) in [6.07, 6.45) is 7.32. The molecule has 1 unspecified atom stereocenters. The Morgan fingerprint density at radius 3 is 2.66 bits per heavy atom. The number of hydrogen-bond acceptors (Lipinski definition) is 6. The van der Waals surface area contributed by atoms with E-state index in [4.69, 9.17) is 14.0 Å². The summed E-state index contributed by atoms with van der Waals surface area (Å²) in [5.41, 5.74) is 5.28. The number of aromatic nitrogens is 3. The van der Waals surface area contributed by atoms with Crippen LogP contribution in [0.25, 0.3) is 21.3 Å². The van der Waals surface area contributed by atoms with Crippen LogP contribution in [0.3, 0.4) is 0 Å². The maximum Gasteiger partial charge on any atom is 0.496 e. The van der Waals surface area contributed by atoms with Gasteiger partial charge in [-0.25, -0.2) is 9.67 Å². The van der Waals surface area contributed by atoms with Crippen LogP contribution in [0.15, 0.2) is 30.0 Å². The summed E-state index contributed by atoms with van der Waals surface area (Å²) >= 11 is 1.62. The van der Waals surface area contributed by atoms with Crippen molar-refractivity contribution in [3.63, 3.8) is 0 Å². The van der Waals surface area contributed by atoms with E-state index in [9.17, 15) is 0 Å². The van der Waals surface area contributed by atoms with Gasteiger partial charge in [0.05, 0.1) is 33.1 Å². The highest BCUT2D eigenvalue weighted by molar-refractivity contribution is 7.18. The summed E-state index contributed by atoms with van der Waals surface area (Å²) < 4.78 is 21.5. The van der Waals surface area contributed by atoms with E-state index < -0.39 is 7.12 Å². The molecule has 1 aromatic carbocycles. The summed E-state index contributed by atoms with van der Waals surface area (Å²) in [5.74, 6) is 0. The van der Waals surface area contributed by atoms with Crippen LogP contribution < -0.4 is 5.46 Å². The van der Waals surface area contributed by atoms with Crippen LogP contribution in [0.1, 0.15) is 53.2 Å². The summed E-state index contributed by atoms with van der Waals surface area (Å²) in [5, 5.41) is 4.56. The first-order valence-electron chi connectivity index (χ1n) is 10.2. The van der Waals surface area contributed by atoms with Gasteiger partial charge < -0.3 is 14.0 Å². The van der Waals surface area contributed by atoms with Gasteiger partial charge in [-0.15, -0.1) is 11.3 Å². The fourth-order valence-electron chi connectivity index (χ4n) is 3.93. The SMILES string of the molecule is CC1(C)OB(c2ccc(-c3cnn(C4CCCCO4)c3)c3ncsc23)OC1(C)C. The van der Waals surface area contributed by atoms with E-state index >= 15 is 0 Å². The third kappa shape index (κ3) is 3.22. The van der Waals surface area contributed by atoms with E-state index in [1.807, 2.05) is 16.4 Å². The van der Waals surface area contributed by atoms with Crippen LogP contribution >= 0.6 is 11.3 Å². The molecule has 0 spiro atoms. The number of fused-ring (bicyclic) bond motifs is 1. The number of ether oxygens (including phenoxy) is 1. The fourth-order valence-corrected chi connectivity index (χ4v) is 4.76. The standard InChI is InChI=1S/C21H26BN3O3S/c1-20(2)21(3,4)28-22(27-20)16-9-8-15(18-19(16)29-13-23-18)14-11-24-25(12-14)17-7-5-6-10-26-17/h8-9,11-13,17H,5-7,10H2,1-4H3. The first kappa shape index (κ1) is 19.2. The lowest BCUT2D eigenvalue weighted by atomic mass is 9.78. The van der Waals surface area contributed by atoms with Gasteiger partial charge in [-0.1, -0.05) is 12.1 Å². The average Bonchev–Trinajstić information content (AvgIpc) is 3.40. The number of hydrogen-bond donors (Lipinski definition) is 0. The maximum atomic E-state index is 6.28. The highest BCUT2D eigenvalue weighted by Crippen LogP contribution is 2.38. The van der Waals surface area contributed by atoms with Crippen LogP contribution in [-0.4, -0.2) is 39.7 Å². The van der Waals surface area contributed by atoms with Gasteiger partial charge in [0, 0.05) is 29.4 Å². The molecule has 29 heavy (non-hydrogen) atoms. The Kier molecular flexibility index (Phi) is 4.58. The van der Waals surface area contributed by atoms with Crippen LogP contribution in [0, 0.1) is 0 Å². The van der Waals surface area contributed by atoms with Crippen molar-refractivity contribution in [2.75, 3.05) is 6.61 Å². The molecule has 0 N–H and O–H groups in total. The van der Waals surface area contributed by atoms with Crippen LogP contribution in [-0.2, 0) is 14.0 Å². The molecule has 4 heterocycles. The molecule has 0 aliphatic carbocycles. The van der Waals surface area contributed by atoms with Gasteiger partial charge in [0.15, 0.2) is 0 Å². The summed E-state index contributed by atoms with van der Waals surface area (Å²) in [7, 11) is -0.393. The van der Waals surface area contributed by atoms with Gasteiger partial charge >= 0.3 is 7.12 Å². The molecule has 2 aromatic heterocycles. The van der Waals surface area contributed by atoms with E-state index in [2.05, 4.69) is 56.1 Å². The van der Waals surface area contributed by atoms with Gasteiger partial charge in [-0.2, -0.15) is 5.10 Å². The predicted octanol–water partition coefficient (Wildman–Crippen LogP) is 4.16. The lowest BCUT2D eigenvalue weighted by Crippen LogP contribution is -2.41. The molecule has 152 valence electrons. The molecule has 0 amide bonds. The lowest BCUT2D eigenvalue weighted by molar-refractivity contribution is -0.0394. The van der Waals surface area contributed by atoms with E-state index in [0.29, 0.717) is 0 Å². The van der Waals surface area contributed by atoms with E-state index in [0.717, 1.165) is 46.3 Å². The number of rotatable bonds is 3. The Balaban J connectivity index is 1.50. The molecular formula is C21H26BN3O3S. The van der Waals surface area contributed by atoms with Gasteiger partial charge in [-0.05, 0) is 47.0 Å². The quantitative estimate of drug-likeness (QED) is 0.606. The van der Waals surface area contributed by atoms with Crippen LogP contribution in [0.5, 0.6) is 0 Å². The Morgan fingerprint density at radius 1 is 1.14 bits per heavy atom. The molecule has 3 aromatic rings. The second kappa shape index (κ2) is 6.91. The molecule has 6 nitrogen and oxygen atoms in total. The highest BCUT2D eigenvalue weighted by atomic mass is 32.1. The number of thiazole rings is 1. The Bertz CT molecular complexity index is 1020. The molecule has 0 radical (unpaired) electrons. The average molecular weight is 411 g/mol. The minimum atomic E-state index is -0.393. The maximum absolute atomic E-state index is 6.28. The molecule has 5 rings (SSSR count). The molecular weight excluding hydrogens is 385 g/mol. The van der Waals surface area contributed by atoms with E-state index in [1.165, 1.54) is 6.42 Å². The second-order valence-corrected chi connectivity index (χ2v) is 9.71. The minimum absolute atomic E-state index is 0.0347. The van der Waals surface area contributed by atoms with Gasteiger partial charge in [0.25, 0.3) is 0 Å². The molecule has 2 aliphatic rings. The van der Waals surface area contributed by atoms with Crippen molar-refractivity contribution in [3.8, 4) is 11.1 Å². The molecule has 0 saturated carbocycles. The normalized spacial score (nSPS) is 23.7. The van der Waals surface area contributed by atoms with Crippen molar-refractivity contribution in [3.05, 3.63) is 30.0 Å². The van der Waals surface area contributed by atoms with E-state index in [-0.39, 0.29) is 17.4 Å². The molecule has 8 heteroatoms. The van der Waals surface area contributed by atoms with Gasteiger partial charge in [-0.3, -0.25) is 0 Å². The number of benzene rings is 1. The molecule has 2 fully saturated rings. The fraction of sp³-hybridized carbons (Fsp3) is 0.524. The topological polar surface area (TPSA) is 58.4 Å². The van der Waals surface area contributed by atoms with Crippen LogP contribution in [0.4, 0.5) is 0 Å². The van der Waals surface area contributed by atoms with E-state index in [1.54, 1.807) is 11.3 Å². The minimum Gasteiger partial charge on any atom is -0.399 e. The summed E-state index contributed by atoms with van der Waals surface area (Å²) in [6, 6.07) is 4.21. The third-order valence-electron chi connectivity index (χ3n) is 6.38. The predicted molar refractivity (Wildman–Crippen MR) is 115 cm³/mol. The largest absolute Gasteiger partial charge is 0.496 e. The third-order valence-corrected chi connectivity index (χ3v) is 7.26. The Labute approximate surface area is 175 Å². The van der Waals surface area contributed by atoms with Crippen molar-refractivity contribution in [1.82, 2.24) is 14.8 Å². The molecule has 1 atom stereocenters. The molecule has 2 aliphatic heterocycles. The van der Waals surface area contributed by atoms with Crippen molar-refractivity contribution in [2.45, 2.75) is 64.4 Å².